The largest absolute Gasteiger partial charge is 0.494 e. The quantitative estimate of drug-likeness (QED) is 0.618. The molecule has 1 N–H and O–H groups in total. The van der Waals surface area contributed by atoms with Gasteiger partial charge in [0.2, 0.25) is 0 Å². The molecular weight excluding hydrogens is 381 g/mol. The van der Waals surface area contributed by atoms with Crippen LogP contribution in [0.2, 0.25) is 0 Å². The van der Waals surface area contributed by atoms with E-state index in [1.54, 1.807) is 12.1 Å². The van der Waals surface area contributed by atoms with Crippen molar-refractivity contribution in [2.24, 2.45) is 0 Å². The van der Waals surface area contributed by atoms with Gasteiger partial charge in [0.25, 0.3) is 5.91 Å². The minimum Gasteiger partial charge on any atom is -0.494 e. The molecule has 0 unspecified atom stereocenters. The molecule has 146 valence electrons. The van der Waals surface area contributed by atoms with Gasteiger partial charge < -0.3 is 14.5 Å². The summed E-state index contributed by atoms with van der Waals surface area (Å²) in [6, 6.07) is 16.1. The maximum Gasteiger partial charge on any atom is 0.287 e. The topological polar surface area (TPSA) is 68.5 Å². The highest BCUT2D eigenvalue weighted by atomic mass is 32.2. The van der Waals surface area contributed by atoms with Crippen molar-refractivity contribution in [3.63, 3.8) is 0 Å². The van der Waals surface area contributed by atoms with Crippen LogP contribution in [0.25, 0.3) is 0 Å². The molecule has 1 amide bonds. The standard InChI is InChI=1S/C21H20FNO4S/c1-2-26-19-6-4-3-5-15(19)13-23-21(24)20-12-9-17(27-20)14-28(25)18-10-7-16(22)8-11-18/h3-12H,2,13-14H2,1H3,(H,23,24)/t28-/m0/s1. The Kier molecular flexibility index (Phi) is 6.60. The van der Waals surface area contributed by atoms with Crippen LogP contribution < -0.4 is 10.1 Å². The minimum absolute atomic E-state index is 0.103. The molecule has 0 radical (unpaired) electrons. The number of halogens is 1. The molecule has 0 spiro atoms. The van der Waals surface area contributed by atoms with E-state index in [1.807, 2.05) is 31.2 Å². The highest BCUT2D eigenvalue weighted by molar-refractivity contribution is 7.84. The molecule has 0 fully saturated rings. The van der Waals surface area contributed by atoms with Crippen molar-refractivity contribution in [3.05, 3.63) is 83.6 Å². The molecule has 28 heavy (non-hydrogen) atoms. The molecule has 0 aliphatic rings. The number of hydrogen-bond acceptors (Lipinski definition) is 4. The predicted octanol–water partition coefficient (Wildman–Crippen LogP) is 4.06. The monoisotopic (exact) mass is 401 g/mol. The second-order valence-corrected chi connectivity index (χ2v) is 7.38. The van der Waals surface area contributed by atoms with Gasteiger partial charge in [0.05, 0.1) is 23.2 Å². The lowest BCUT2D eigenvalue weighted by atomic mass is 10.2. The fourth-order valence-electron chi connectivity index (χ4n) is 2.59. The fourth-order valence-corrected chi connectivity index (χ4v) is 3.61. The fraction of sp³-hybridized carbons (Fsp3) is 0.190. The minimum atomic E-state index is -1.39. The van der Waals surface area contributed by atoms with Gasteiger partial charge in [-0.15, -0.1) is 0 Å². The molecule has 0 saturated heterocycles. The van der Waals surface area contributed by atoms with E-state index in [4.69, 9.17) is 9.15 Å². The Morgan fingerprint density at radius 1 is 1.11 bits per heavy atom. The smallest absolute Gasteiger partial charge is 0.287 e. The summed E-state index contributed by atoms with van der Waals surface area (Å²) in [5, 5.41) is 2.79. The molecule has 1 heterocycles. The summed E-state index contributed by atoms with van der Waals surface area (Å²) in [5.74, 6) is 0.628. The van der Waals surface area contributed by atoms with Crippen LogP contribution in [0.5, 0.6) is 5.75 Å². The maximum atomic E-state index is 13.0. The third-order valence-electron chi connectivity index (χ3n) is 3.95. The number of carbonyl (C=O) groups is 1. The highest BCUT2D eigenvalue weighted by Crippen LogP contribution is 2.19. The average Bonchev–Trinajstić information content (AvgIpc) is 3.16. The third kappa shape index (κ3) is 5.07. The number of benzene rings is 2. The predicted molar refractivity (Wildman–Crippen MR) is 104 cm³/mol. The second kappa shape index (κ2) is 9.32. The maximum absolute atomic E-state index is 13.0. The van der Waals surface area contributed by atoms with Gasteiger partial charge in [0.15, 0.2) is 5.76 Å². The molecule has 1 atom stereocenters. The third-order valence-corrected chi connectivity index (χ3v) is 5.29. The number of furan rings is 1. The van der Waals surface area contributed by atoms with Crippen LogP contribution in [0.4, 0.5) is 4.39 Å². The number of rotatable bonds is 8. The Labute approximate surface area is 165 Å². The summed E-state index contributed by atoms with van der Waals surface area (Å²) in [7, 11) is -1.39. The molecule has 3 aromatic rings. The van der Waals surface area contributed by atoms with Gasteiger partial charge in [0.1, 0.15) is 17.3 Å². The van der Waals surface area contributed by atoms with Crippen molar-refractivity contribution >= 4 is 16.7 Å². The first-order chi connectivity index (χ1) is 13.6. The Hall–Kier alpha value is -2.93. The summed E-state index contributed by atoms with van der Waals surface area (Å²) in [6.45, 7) is 2.74. The van der Waals surface area contributed by atoms with Crippen LogP contribution in [0.3, 0.4) is 0 Å². The zero-order valence-corrected chi connectivity index (χ0v) is 16.1. The summed E-state index contributed by atoms with van der Waals surface area (Å²) >= 11 is 0. The number of hydrogen-bond donors (Lipinski definition) is 1. The lowest BCUT2D eigenvalue weighted by Gasteiger charge is -2.10. The van der Waals surface area contributed by atoms with E-state index >= 15 is 0 Å². The number of amides is 1. The van der Waals surface area contributed by atoms with Gasteiger partial charge in [0, 0.05) is 17.0 Å². The van der Waals surface area contributed by atoms with Crippen LogP contribution in [0, 0.1) is 5.82 Å². The van der Waals surface area contributed by atoms with Crippen LogP contribution in [0.15, 0.2) is 70.0 Å². The molecular formula is C21H20FNO4S. The normalized spacial score (nSPS) is 11.8. The molecule has 0 aliphatic heterocycles. The highest BCUT2D eigenvalue weighted by Gasteiger charge is 2.14. The van der Waals surface area contributed by atoms with Gasteiger partial charge >= 0.3 is 0 Å². The van der Waals surface area contributed by atoms with E-state index in [2.05, 4.69) is 5.32 Å². The van der Waals surface area contributed by atoms with E-state index in [0.717, 1.165) is 11.3 Å². The average molecular weight is 401 g/mol. The van der Waals surface area contributed by atoms with Crippen LogP contribution in [0.1, 0.15) is 28.8 Å². The molecule has 2 aromatic carbocycles. The Bertz CT molecular complexity index is 969. The zero-order valence-electron chi connectivity index (χ0n) is 15.3. The van der Waals surface area contributed by atoms with Crippen molar-refractivity contribution in [1.29, 1.82) is 0 Å². The number of carbonyl (C=O) groups excluding carboxylic acids is 1. The molecule has 5 nitrogen and oxygen atoms in total. The van der Waals surface area contributed by atoms with E-state index in [-0.39, 0.29) is 23.2 Å². The van der Waals surface area contributed by atoms with Crippen molar-refractivity contribution in [3.8, 4) is 5.75 Å². The lowest BCUT2D eigenvalue weighted by molar-refractivity contribution is 0.0921. The van der Waals surface area contributed by atoms with Crippen LogP contribution >= 0.6 is 0 Å². The van der Waals surface area contributed by atoms with E-state index in [9.17, 15) is 13.4 Å². The molecule has 1 aromatic heterocycles. The van der Waals surface area contributed by atoms with Crippen molar-refractivity contribution in [2.45, 2.75) is 24.1 Å². The van der Waals surface area contributed by atoms with Crippen molar-refractivity contribution in [1.82, 2.24) is 5.32 Å². The number of para-hydroxylation sites is 1. The Morgan fingerprint density at radius 2 is 1.86 bits per heavy atom. The summed E-state index contributed by atoms with van der Waals surface area (Å²) in [4.78, 5) is 12.8. The summed E-state index contributed by atoms with van der Waals surface area (Å²) in [5.41, 5.74) is 0.863. The first-order valence-corrected chi connectivity index (χ1v) is 10.1. The van der Waals surface area contributed by atoms with Gasteiger partial charge in [-0.25, -0.2) is 4.39 Å². The lowest BCUT2D eigenvalue weighted by Crippen LogP contribution is -2.22. The van der Waals surface area contributed by atoms with Gasteiger partial charge in [-0.3, -0.25) is 9.00 Å². The van der Waals surface area contributed by atoms with E-state index in [1.165, 1.54) is 24.3 Å². The summed E-state index contributed by atoms with van der Waals surface area (Å²) in [6.07, 6.45) is 0. The van der Waals surface area contributed by atoms with Crippen molar-refractivity contribution < 1.29 is 22.5 Å². The van der Waals surface area contributed by atoms with Crippen LogP contribution in [-0.2, 0) is 23.1 Å². The van der Waals surface area contributed by atoms with Gasteiger partial charge in [-0.2, -0.15) is 0 Å². The Morgan fingerprint density at radius 3 is 2.61 bits per heavy atom. The zero-order chi connectivity index (χ0) is 19.9. The first-order valence-electron chi connectivity index (χ1n) is 8.78. The Balaban J connectivity index is 1.59. The first kappa shape index (κ1) is 19.8. The molecule has 0 aliphatic carbocycles. The van der Waals surface area contributed by atoms with E-state index < -0.39 is 10.8 Å². The van der Waals surface area contributed by atoms with Gasteiger partial charge in [-0.05, 0) is 49.4 Å². The second-order valence-electron chi connectivity index (χ2n) is 5.93. The summed E-state index contributed by atoms with van der Waals surface area (Å²) < 4.78 is 36.3. The number of ether oxygens (including phenoxy) is 1. The SMILES string of the molecule is CCOc1ccccc1CNC(=O)c1ccc(C[S@](=O)c2ccc(F)cc2)o1. The number of nitrogens with one attached hydrogen (secondary N) is 1. The van der Waals surface area contributed by atoms with Crippen molar-refractivity contribution in [2.75, 3.05) is 6.61 Å². The van der Waals surface area contributed by atoms with Gasteiger partial charge in [-0.1, -0.05) is 18.2 Å². The van der Waals surface area contributed by atoms with E-state index in [0.29, 0.717) is 23.8 Å². The molecule has 7 heteroatoms. The molecule has 3 rings (SSSR count). The van der Waals surface area contributed by atoms with Crippen LogP contribution in [-0.4, -0.2) is 16.7 Å². The molecule has 0 saturated carbocycles. The molecule has 0 bridgehead atoms.